The fourth-order valence-corrected chi connectivity index (χ4v) is 1.70. The van der Waals surface area contributed by atoms with Crippen LogP contribution in [0.5, 0.6) is 0 Å². The Labute approximate surface area is 93.5 Å². The first kappa shape index (κ1) is 12.3. The van der Waals surface area contributed by atoms with Crippen molar-refractivity contribution >= 4 is 35.8 Å². The number of nitrogens with one attached hydrogen (secondary N) is 1. The zero-order valence-electron chi connectivity index (χ0n) is 7.45. The van der Waals surface area contributed by atoms with Crippen LogP contribution in [-0.4, -0.2) is 34.2 Å². The molecular weight excluding hydrogens is 283 g/mol. The molecule has 1 atom stereocenters. The molecule has 0 aliphatic rings. The molecule has 0 heterocycles. The molecule has 1 aromatic rings. The van der Waals surface area contributed by atoms with Gasteiger partial charge in [-0.05, 0) is 0 Å². The second-order valence-corrected chi connectivity index (χ2v) is 5.66. The molecule has 8 heteroatoms. The second-order valence-electron chi connectivity index (χ2n) is 2.70. The molecule has 6 nitrogen and oxygen atoms in total. The first-order valence-corrected chi connectivity index (χ1v) is 7.01. The summed E-state index contributed by atoms with van der Waals surface area (Å²) < 4.78 is 42.6. The number of anilines is 1. The van der Waals surface area contributed by atoms with Gasteiger partial charge in [-0.1, -0.05) is 0 Å². The van der Waals surface area contributed by atoms with E-state index in [1.807, 2.05) is 0 Å². The molecule has 0 aromatic heterocycles. The van der Waals surface area contributed by atoms with Crippen LogP contribution in [0.15, 0.2) is 24.3 Å². The SMILES string of the molecule is NC(Nc1ccc([As]=O)cc1)S(=O)(=O)[O-]. The Hall–Kier alpha value is -0.752. The first-order chi connectivity index (χ1) is 6.93. The Balaban J connectivity index is 2.78. The molecule has 1 rings (SSSR count). The summed E-state index contributed by atoms with van der Waals surface area (Å²) in [5.41, 5.74) is 3.80. The van der Waals surface area contributed by atoms with Crippen molar-refractivity contribution < 1.29 is 16.7 Å². The molecule has 0 amide bonds. The molecule has 82 valence electrons. The molecular formula is C7H8AsN2O4S-. The van der Waals surface area contributed by atoms with Gasteiger partial charge in [-0.25, -0.2) is 0 Å². The van der Waals surface area contributed by atoms with Crippen LogP contribution in [-0.2, 0) is 13.9 Å². The van der Waals surface area contributed by atoms with Crippen molar-refractivity contribution in [1.29, 1.82) is 0 Å². The summed E-state index contributed by atoms with van der Waals surface area (Å²) in [4.78, 5) is 0. The summed E-state index contributed by atoms with van der Waals surface area (Å²) in [5, 5.41) is 2.32. The Morgan fingerprint density at radius 3 is 2.27 bits per heavy atom. The number of hydrogen-bond donors (Lipinski definition) is 2. The Bertz CT molecular complexity index is 445. The fraction of sp³-hybridized carbons (Fsp3) is 0.143. The quantitative estimate of drug-likeness (QED) is 0.399. The van der Waals surface area contributed by atoms with E-state index in [0.717, 1.165) is 0 Å². The molecule has 1 unspecified atom stereocenters. The maximum atomic E-state index is 10.5. The summed E-state index contributed by atoms with van der Waals surface area (Å²) in [7, 11) is -4.56. The van der Waals surface area contributed by atoms with Gasteiger partial charge in [0.2, 0.25) is 0 Å². The molecule has 0 bridgehead atoms. The molecule has 0 saturated heterocycles. The average Bonchev–Trinajstić information content (AvgIpc) is 2.17. The van der Waals surface area contributed by atoms with E-state index < -0.39 is 31.3 Å². The minimum atomic E-state index is -4.56. The number of hydrogen-bond acceptors (Lipinski definition) is 6. The van der Waals surface area contributed by atoms with Crippen molar-refractivity contribution in [3.8, 4) is 0 Å². The molecule has 0 aliphatic heterocycles. The van der Waals surface area contributed by atoms with Gasteiger partial charge in [0.15, 0.2) is 0 Å². The van der Waals surface area contributed by atoms with Crippen molar-refractivity contribution in [3.05, 3.63) is 24.3 Å². The van der Waals surface area contributed by atoms with E-state index in [4.69, 9.17) is 5.73 Å². The normalized spacial score (nSPS) is 13.7. The van der Waals surface area contributed by atoms with Gasteiger partial charge in [-0.2, -0.15) is 0 Å². The summed E-state index contributed by atoms with van der Waals surface area (Å²) in [6.07, 6.45) is 0. The van der Waals surface area contributed by atoms with E-state index in [0.29, 0.717) is 10.0 Å². The summed E-state index contributed by atoms with van der Waals surface area (Å²) in [6.45, 7) is 0. The average molecular weight is 291 g/mol. The maximum absolute atomic E-state index is 10.5. The molecule has 1 aromatic carbocycles. The molecule has 0 saturated carbocycles. The van der Waals surface area contributed by atoms with Crippen LogP contribution < -0.4 is 15.4 Å². The standard InChI is InChI=1S/C7H9AsN2O4S/c9-7(15(12,13)14)10-6-3-1-5(8-11)2-4-6/h1-4,7,10H,9H2,(H,12,13,14)/p-1. The third-order valence-corrected chi connectivity index (χ3v) is 3.40. The topological polar surface area (TPSA) is 112 Å². The first-order valence-electron chi connectivity index (χ1n) is 3.84. The van der Waals surface area contributed by atoms with Crippen LogP contribution in [0, 0.1) is 0 Å². The van der Waals surface area contributed by atoms with Crippen molar-refractivity contribution in [2.75, 3.05) is 5.32 Å². The van der Waals surface area contributed by atoms with Crippen LogP contribution in [0.1, 0.15) is 0 Å². The predicted octanol–water partition coefficient (Wildman–Crippen LogP) is -1.44. The van der Waals surface area contributed by atoms with E-state index in [1.165, 1.54) is 12.1 Å². The van der Waals surface area contributed by atoms with E-state index in [1.54, 1.807) is 12.1 Å². The third kappa shape index (κ3) is 3.71. The molecule has 0 spiro atoms. The second kappa shape index (κ2) is 4.85. The number of nitrogens with two attached hydrogens (primary N) is 1. The van der Waals surface area contributed by atoms with Gasteiger partial charge >= 0.3 is 93.4 Å². The van der Waals surface area contributed by atoms with Crippen LogP contribution in [0.2, 0.25) is 0 Å². The van der Waals surface area contributed by atoms with Crippen LogP contribution in [0.3, 0.4) is 0 Å². The van der Waals surface area contributed by atoms with Crippen LogP contribution in [0.25, 0.3) is 0 Å². The van der Waals surface area contributed by atoms with Gasteiger partial charge in [-0.3, -0.25) is 0 Å². The molecule has 3 N–H and O–H groups in total. The number of rotatable bonds is 4. The molecule has 15 heavy (non-hydrogen) atoms. The van der Waals surface area contributed by atoms with Gasteiger partial charge in [-0.15, -0.1) is 0 Å². The summed E-state index contributed by atoms with van der Waals surface area (Å²) in [6, 6.07) is 6.15. The van der Waals surface area contributed by atoms with Crippen LogP contribution in [0.4, 0.5) is 5.69 Å². The van der Waals surface area contributed by atoms with Gasteiger partial charge in [0, 0.05) is 0 Å². The Kier molecular flexibility index (Phi) is 3.98. The summed E-state index contributed by atoms with van der Waals surface area (Å²) in [5.74, 6) is 0. The van der Waals surface area contributed by atoms with Gasteiger partial charge in [0.1, 0.15) is 0 Å². The Morgan fingerprint density at radius 2 is 1.87 bits per heavy atom. The van der Waals surface area contributed by atoms with Gasteiger partial charge in [0.05, 0.1) is 0 Å². The molecule has 0 fully saturated rings. The van der Waals surface area contributed by atoms with Crippen LogP contribution >= 0.6 is 0 Å². The van der Waals surface area contributed by atoms with Crippen molar-refractivity contribution in [3.63, 3.8) is 0 Å². The van der Waals surface area contributed by atoms with Gasteiger partial charge in [0.25, 0.3) is 0 Å². The van der Waals surface area contributed by atoms with E-state index >= 15 is 0 Å². The summed E-state index contributed by atoms with van der Waals surface area (Å²) >= 11 is -1.11. The third-order valence-electron chi connectivity index (χ3n) is 1.59. The fourth-order valence-electron chi connectivity index (χ4n) is 0.855. The number of benzene rings is 1. The Morgan fingerprint density at radius 1 is 1.33 bits per heavy atom. The van der Waals surface area contributed by atoms with E-state index in [2.05, 4.69) is 5.32 Å². The van der Waals surface area contributed by atoms with E-state index in [9.17, 15) is 16.7 Å². The monoisotopic (exact) mass is 291 g/mol. The van der Waals surface area contributed by atoms with Crippen molar-refractivity contribution in [2.45, 2.75) is 5.50 Å². The minimum absolute atomic E-state index is 0.389. The van der Waals surface area contributed by atoms with Gasteiger partial charge < -0.3 is 0 Å². The molecule has 0 aliphatic carbocycles. The zero-order valence-corrected chi connectivity index (χ0v) is 10.1. The zero-order chi connectivity index (χ0) is 11.5. The van der Waals surface area contributed by atoms with Crippen molar-refractivity contribution in [1.82, 2.24) is 0 Å². The van der Waals surface area contributed by atoms with E-state index in [-0.39, 0.29) is 0 Å². The van der Waals surface area contributed by atoms with Crippen molar-refractivity contribution in [2.24, 2.45) is 5.73 Å². The predicted molar refractivity (Wildman–Crippen MR) is 53.8 cm³/mol. The molecule has 0 radical (unpaired) electrons.